The molecule has 6 heteroatoms. The van der Waals surface area contributed by atoms with Gasteiger partial charge in [-0.15, -0.1) is 0 Å². The van der Waals surface area contributed by atoms with Gasteiger partial charge >= 0.3 is 0 Å². The van der Waals surface area contributed by atoms with Gasteiger partial charge < -0.3 is 20.1 Å². The van der Waals surface area contributed by atoms with Gasteiger partial charge in [-0.25, -0.2) is 0 Å². The Morgan fingerprint density at radius 3 is 2.59 bits per heavy atom. The molecule has 0 aliphatic carbocycles. The maximum absolute atomic E-state index is 12.6. The number of nitrogens with zero attached hydrogens (tertiary/aromatic N) is 1. The zero-order valence-electron chi connectivity index (χ0n) is 14.9. The Labute approximate surface area is 157 Å². The number of rotatable bonds is 4. The van der Waals surface area contributed by atoms with Gasteiger partial charge in [0.1, 0.15) is 18.9 Å². The first-order valence-electron chi connectivity index (χ1n) is 8.68. The number of benzene rings is 2. The minimum absolute atomic E-state index is 0.292. The first-order chi connectivity index (χ1) is 13.2. The van der Waals surface area contributed by atoms with Crippen molar-refractivity contribution < 1.29 is 14.3 Å². The van der Waals surface area contributed by atoms with Crippen molar-refractivity contribution in [3.63, 3.8) is 0 Å². The molecule has 0 unspecified atom stereocenters. The van der Waals surface area contributed by atoms with Gasteiger partial charge in [0, 0.05) is 29.3 Å². The van der Waals surface area contributed by atoms with Gasteiger partial charge in [0.05, 0.1) is 0 Å². The molecule has 2 N–H and O–H groups in total. The molecule has 2 aromatic carbocycles. The number of pyridine rings is 1. The summed E-state index contributed by atoms with van der Waals surface area (Å²) in [4.78, 5) is 16.7. The first kappa shape index (κ1) is 16.9. The number of hydrogen-bond acceptors (Lipinski definition) is 5. The molecule has 1 aromatic heterocycles. The van der Waals surface area contributed by atoms with Crippen molar-refractivity contribution in [1.82, 2.24) is 4.98 Å². The van der Waals surface area contributed by atoms with Crippen molar-refractivity contribution in [2.75, 3.05) is 23.8 Å². The van der Waals surface area contributed by atoms with Gasteiger partial charge in [-0.3, -0.25) is 9.78 Å². The summed E-state index contributed by atoms with van der Waals surface area (Å²) in [6.07, 6.45) is 1.61. The van der Waals surface area contributed by atoms with E-state index in [1.165, 1.54) is 0 Å². The van der Waals surface area contributed by atoms with Crippen LogP contribution in [0.2, 0.25) is 0 Å². The van der Waals surface area contributed by atoms with Crippen LogP contribution in [0.4, 0.5) is 17.1 Å². The largest absolute Gasteiger partial charge is 0.486 e. The molecule has 0 radical (unpaired) electrons. The average molecular weight is 361 g/mol. The van der Waals surface area contributed by atoms with Crippen LogP contribution >= 0.6 is 0 Å². The smallest absolute Gasteiger partial charge is 0.274 e. The van der Waals surface area contributed by atoms with E-state index in [1.54, 1.807) is 30.5 Å². The van der Waals surface area contributed by atoms with E-state index in [9.17, 15) is 4.79 Å². The molecule has 0 spiro atoms. The number of aryl methyl sites for hydroxylation is 1. The summed E-state index contributed by atoms with van der Waals surface area (Å²) in [5.74, 6) is 1.02. The summed E-state index contributed by atoms with van der Waals surface area (Å²) < 4.78 is 11.0. The van der Waals surface area contributed by atoms with Crippen LogP contribution in [-0.4, -0.2) is 24.1 Å². The van der Waals surface area contributed by atoms with E-state index in [2.05, 4.69) is 15.6 Å². The van der Waals surface area contributed by atoms with Crippen molar-refractivity contribution in [1.29, 1.82) is 0 Å². The van der Waals surface area contributed by atoms with Crippen molar-refractivity contribution in [3.8, 4) is 11.5 Å². The molecule has 27 heavy (non-hydrogen) atoms. The molecule has 0 fully saturated rings. The fourth-order valence-corrected chi connectivity index (χ4v) is 2.84. The maximum Gasteiger partial charge on any atom is 0.274 e. The first-order valence-corrected chi connectivity index (χ1v) is 8.68. The van der Waals surface area contributed by atoms with Crippen LogP contribution in [0.1, 0.15) is 16.1 Å². The van der Waals surface area contributed by atoms with E-state index >= 15 is 0 Å². The minimum atomic E-state index is -0.292. The molecule has 4 rings (SSSR count). The summed E-state index contributed by atoms with van der Waals surface area (Å²) in [5, 5.41) is 6.13. The number of ether oxygens (including phenoxy) is 2. The molecular formula is C21H19N3O3. The van der Waals surface area contributed by atoms with E-state index in [-0.39, 0.29) is 5.91 Å². The van der Waals surface area contributed by atoms with Gasteiger partial charge in [-0.2, -0.15) is 0 Å². The zero-order chi connectivity index (χ0) is 18.6. The topological polar surface area (TPSA) is 72.5 Å². The highest BCUT2D eigenvalue weighted by atomic mass is 16.6. The van der Waals surface area contributed by atoms with E-state index in [1.807, 2.05) is 37.3 Å². The van der Waals surface area contributed by atoms with E-state index in [0.717, 1.165) is 16.9 Å². The van der Waals surface area contributed by atoms with Gasteiger partial charge in [0.25, 0.3) is 5.91 Å². The molecule has 1 aliphatic rings. The predicted molar refractivity (Wildman–Crippen MR) is 104 cm³/mol. The van der Waals surface area contributed by atoms with Crippen LogP contribution in [0.5, 0.6) is 11.5 Å². The molecule has 0 atom stereocenters. The van der Waals surface area contributed by atoms with Gasteiger partial charge in [0.2, 0.25) is 0 Å². The van der Waals surface area contributed by atoms with Crippen molar-refractivity contribution in [2.45, 2.75) is 6.92 Å². The normalized spacial score (nSPS) is 12.3. The molecule has 0 bridgehead atoms. The standard InChI is InChI=1S/C21H19N3O3/c1-14-3-2-4-15(11-14)23-17-7-8-22-18(12-17)21(25)24-16-5-6-19-20(13-16)27-10-9-26-19/h2-8,11-13H,9-10H2,1H3,(H,22,23)(H,24,25). The monoisotopic (exact) mass is 361 g/mol. The van der Waals surface area contributed by atoms with Crippen LogP contribution in [0.3, 0.4) is 0 Å². The highest BCUT2D eigenvalue weighted by Crippen LogP contribution is 2.32. The predicted octanol–water partition coefficient (Wildman–Crippen LogP) is 4.16. The fourth-order valence-electron chi connectivity index (χ4n) is 2.84. The Bertz CT molecular complexity index is 988. The number of anilines is 3. The molecular weight excluding hydrogens is 342 g/mol. The van der Waals surface area contributed by atoms with Crippen molar-refractivity contribution in [3.05, 3.63) is 72.1 Å². The third-order valence-corrected chi connectivity index (χ3v) is 4.10. The van der Waals surface area contributed by atoms with Crippen LogP contribution in [0.25, 0.3) is 0 Å². The molecule has 0 saturated carbocycles. The Kier molecular flexibility index (Phi) is 4.61. The van der Waals surface area contributed by atoms with Crippen molar-refractivity contribution >= 4 is 23.0 Å². The second-order valence-electron chi connectivity index (χ2n) is 6.24. The van der Waals surface area contributed by atoms with Crippen LogP contribution < -0.4 is 20.1 Å². The third-order valence-electron chi connectivity index (χ3n) is 4.10. The quantitative estimate of drug-likeness (QED) is 0.730. The lowest BCUT2D eigenvalue weighted by molar-refractivity contribution is 0.102. The molecule has 1 amide bonds. The molecule has 136 valence electrons. The van der Waals surface area contributed by atoms with Crippen molar-refractivity contribution in [2.24, 2.45) is 0 Å². The summed E-state index contributed by atoms with van der Waals surface area (Å²) in [6.45, 7) is 3.06. The second-order valence-corrected chi connectivity index (χ2v) is 6.24. The SMILES string of the molecule is Cc1cccc(Nc2ccnc(C(=O)Nc3ccc4c(c3)OCCO4)c2)c1. The van der Waals surface area contributed by atoms with Gasteiger partial charge in [0.15, 0.2) is 11.5 Å². The summed E-state index contributed by atoms with van der Waals surface area (Å²) in [6, 6.07) is 16.9. The number of nitrogens with one attached hydrogen (secondary N) is 2. The highest BCUT2D eigenvalue weighted by molar-refractivity contribution is 6.03. The maximum atomic E-state index is 12.6. The average Bonchev–Trinajstić information content (AvgIpc) is 2.68. The lowest BCUT2D eigenvalue weighted by Crippen LogP contribution is -2.17. The molecule has 3 aromatic rings. The van der Waals surface area contributed by atoms with E-state index in [4.69, 9.17) is 9.47 Å². The molecule has 6 nitrogen and oxygen atoms in total. The van der Waals surface area contributed by atoms with Crippen LogP contribution in [0, 0.1) is 6.92 Å². The number of fused-ring (bicyclic) bond motifs is 1. The molecule has 1 aliphatic heterocycles. The Hall–Kier alpha value is -3.54. The molecule has 0 saturated heterocycles. The Morgan fingerprint density at radius 1 is 0.926 bits per heavy atom. The summed E-state index contributed by atoms with van der Waals surface area (Å²) >= 11 is 0. The van der Waals surface area contributed by atoms with Gasteiger partial charge in [-0.1, -0.05) is 12.1 Å². The third kappa shape index (κ3) is 4.00. The van der Waals surface area contributed by atoms with Gasteiger partial charge in [-0.05, 0) is 48.9 Å². The minimum Gasteiger partial charge on any atom is -0.486 e. The number of carbonyl (C=O) groups is 1. The Balaban J connectivity index is 1.49. The van der Waals surface area contributed by atoms with E-state index < -0.39 is 0 Å². The highest BCUT2D eigenvalue weighted by Gasteiger charge is 2.14. The lowest BCUT2D eigenvalue weighted by Gasteiger charge is -2.19. The van der Waals surface area contributed by atoms with Crippen LogP contribution in [-0.2, 0) is 0 Å². The second kappa shape index (κ2) is 7.37. The number of amides is 1. The molecule has 2 heterocycles. The summed E-state index contributed by atoms with van der Waals surface area (Å²) in [7, 11) is 0. The number of hydrogen-bond donors (Lipinski definition) is 2. The number of aromatic nitrogens is 1. The summed E-state index contributed by atoms with van der Waals surface area (Å²) in [5.41, 5.74) is 3.86. The fraction of sp³-hybridized carbons (Fsp3) is 0.143. The lowest BCUT2D eigenvalue weighted by atomic mass is 10.2. The number of carbonyl (C=O) groups excluding carboxylic acids is 1. The van der Waals surface area contributed by atoms with Crippen LogP contribution in [0.15, 0.2) is 60.8 Å². The Morgan fingerprint density at radius 2 is 1.74 bits per heavy atom. The van der Waals surface area contributed by atoms with E-state index in [0.29, 0.717) is 36.1 Å². The zero-order valence-corrected chi connectivity index (χ0v) is 14.9.